The Kier molecular flexibility index (Phi) is 5.90. The molecular weight excluding hydrogens is 336 g/mol. The average molecular weight is 356 g/mol. The molecule has 0 saturated heterocycles. The van der Waals surface area contributed by atoms with Gasteiger partial charge in [-0.15, -0.1) is 5.10 Å². The maximum Gasteiger partial charge on any atom is 0.230 e. The summed E-state index contributed by atoms with van der Waals surface area (Å²) in [5, 5.41) is 10.4. The van der Waals surface area contributed by atoms with E-state index < -0.39 is 0 Å². The molecule has 3 rings (SSSR count). The topological polar surface area (TPSA) is 83.8 Å². The van der Waals surface area contributed by atoms with E-state index in [1.807, 2.05) is 25.1 Å². The van der Waals surface area contributed by atoms with Gasteiger partial charge in [-0.2, -0.15) is 4.98 Å². The lowest BCUT2D eigenvalue weighted by atomic mass is 10.1. The predicted molar refractivity (Wildman–Crippen MR) is 97.2 cm³/mol. The van der Waals surface area contributed by atoms with Crippen LogP contribution in [0.2, 0.25) is 0 Å². The molecule has 0 aliphatic heterocycles. The highest BCUT2D eigenvalue weighted by Gasteiger charge is 2.12. The summed E-state index contributed by atoms with van der Waals surface area (Å²) in [5.41, 5.74) is 1.28. The van der Waals surface area contributed by atoms with E-state index in [0.717, 1.165) is 12.8 Å². The summed E-state index contributed by atoms with van der Waals surface area (Å²) in [4.78, 5) is 16.4. The molecule has 0 saturated carbocycles. The lowest BCUT2D eigenvalue weighted by molar-refractivity contribution is -0.119. The van der Waals surface area contributed by atoms with Crippen LogP contribution in [-0.2, 0) is 11.2 Å². The number of H-pyrrole nitrogens is 1. The quantitative estimate of drug-likeness (QED) is 0.605. The zero-order valence-corrected chi connectivity index (χ0v) is 14.8. The molecule has 1 aromatic carbocycles. The molecule has 0 fully saturated rings. The average Bonchev–Trinajstić information content (AvgIpc) is 3.30. The van der Waals surface area contributed by atoms with E-state index in [4.69, 9.17) is 4.42 Å². The molecular formula is C18H20N4O2S. The molecule has 25 heavy (non-hydrogen) atoms. The third-order valence-electron chi connectivity index (χ3n) is 3.67. The van der Waals surface area contributed by atoms with Gasteiger partial charge in [0.25, 0.3) is 0 Å². The summed E-state index contributed by atoms with van der Waals surface area (Å²) in [6, 6.07) is 14.0. The Morgan fingerprint density at radius 3 is 2.88 bits per heavy atom. The van der Waals surface area contributed by atoms with E-state index in [-0.39, 0.29) is 17.7 Å². The molecule has 0 aliphatic rings. The fraction of sp³-hybridized carbons (Fsp3) is 0.278. The number of thioether (sulfide) groups is 1. The molecule has 130 valence electrons. The molecule has 1 unspecified atom stereocenters. The normalized spacial score (nSPS) is 12.0. The Bertz CT molecular complexity index is 787. The number of nitrogens with one attached hydrogen (secondary N) is 2. The number of carbonyl (C=O) groups is 1. The van der Waals surface area contributed by atoms with Gasteiger partial charge in [0.05, 0.1) is 12.0 Å². The first-order valence-electron chi connectivity index (χ1n) is 8.13. The third kappa shape index (κ3) is 5.22. The van der Waals surface area contributed by atoms with Gasteiger partial charge in [0.2, 0.25) is 11.1 Å². The first-order chi connectivity index (χ1) is 12.2. The van der Waals surface area contributed by atoms with Crippen molar-refractivity contribution in [3.8, 4) is 11.6 Å². The third-order valence-corrected chi connectivity index (χ3v) is 4.52. The number of aromatic nitrogens is 3. The molecule has 2 N–H and O–H groups in total. The summed E-state index contributed by atoms with van der Waals surface area (Å²) in [5.74, 6) is 1.45. The van der Waals surface area contributed by atoms with E-state index in [9.17, 15) is 4.79 Å². The summed E-state index contributed by atoms with van der Waals surface area (Å²) < 4.78 is 5.25. The van der Waals surface area contributed by atoms with Crippen molar-refractivity contribution < 1.29 is 9.21 Å². The van der Waals surface area contributed by atoms with Gasteiger partial charge in [-0.1, -0.05) is 42.1 Å². The number of aryl methyl sites for hydroxylation is 1. The highest BCUT2D eigenvalue weighted by Crippen LogP contribution is 2.19. The van der Waals surface area contributed by atoms with Gasteiger partial charge >= 0.3 is 0 Å². The van der Waals surface area contributed by atoms with Crippen molar-refractivity contribution in [2.75, 3.05) is 5.75 Å². The van der Waals surface area contributed by atoms with Crippen molar-refractivity contribution in [3.05, 3.63) is 54.3 Å². The van der Waals surface area contributed by atoms with Crippen LogP contribution in [0.15, 0.2) is 58.3 Å². The van der Waals surface area contributed by atoms with Crippen LogP contribution in [-0.4, -0.2) is 32.9 Å². The maximum atomic E-state index is 12.1. The highest BCUT2D eigenvalue weighted by atomic mass is 32.2. The van der Waals surface area contributed by atoms with Crippen molar-refractivity contribution >= 4 is 17.7 Å². The Hall–Kier alpha value is -2.54. The van der Waals surface area contributed by atoms with Crippen LogP contribution in [0.5, 0.6) is 0 Å². The van der Waals surface area contributed by atoms with Gasteiger partial charge in [0.15, 0.2) is 11.6 Å². The standard InChI is InChI=1S/C18H20N4O2S/c1-13(9-10-14-6-3-2-4-7-14)19-16(23)12-25-18-20-17(21-22-18)15-8-5-11-24-15/h2-8,11,13H,9-10,12H2,1H3,(H,19,23)(H,20,21,22). The van der Waals surface area contributed by atoms with Gasteiger partial charge in [-0.25, -0.2) is 0 Å². The van der Waals surface area contributed by atoms with Crippen molar-refractivity contribution in [2.24, 2.45) is 0 Å². The van der Waals surface area contributed by atoms with Crippen LogP contribution in [0.25, 0.3) is 11.6 Å². The zero-order valence-electron chi connectivity index (χ0n) is 13.9. The Morgan fingerprint density at radius 1 is 1.28 bits per heavy atom. The van der Waals surface area contributed by atoms with E-state index >= 15 is 0 Å². The Balaban J connectivity index is 1.40. The summed E-state index contributed by atoms with van der Waals surface area (Å²) in [6.45, 7) is 2.02. The molecule has 0 bridgehead atoms. The second kappa shape index (κ2) is 8.53. The molecule has 0 aliphatic carbocycles. The number of furan rings is 1. The number of hydrogen-bond donors (Lipinski definition) is 2. The lowest BCUT2D eigenvalue weighted by Gasteiger charge is -2.13. The number of hydrogen-bond acceptors (Lipinski definition) is 5. The van der Waals surface area contributed by atoms with Crippen molar-refractivity contribution in [1.29, 1.82) is 0 Å². The molecule has 6 nitrogen and oxygen atoms in total. The highest BCUT2D eigenvalue weighted by molar-refractivity contribution is 7.99. The minimum Gasteiger partial charge on any atom is -0.461 e. The molecule has 3 aromatic rings. The number of nitrogens with zero attached hydrogens (tertiary/aromatic N) is 2. The fourth-order valence-electron chi connectivity index (χ4n) is 2.38. The maximum absolute atomic E-state index is 12.1. The van der Waals surface area contributed by atoms with E-state index in [2.05, 4.69) is 32.6 Å². The fourth-order valence-corrected chi connectivity index (χ4v) is 2.99. The minimum atomic E-state index is -0.0186. The van der Waals surface area contributed by atoms with E-state index in [1.54, 1.807) is 18.4 Å². The molecule has 1 amide bonds. The number of amides is 1. The van der Waals surface area contributed by atoms with Gasteiger partial charge in [0, 0.05) is 6.04 Å². The van der Waals surface area contributed by atoms with Gasteiger partial charge in [-0.05, 0) is 37.5 Å². The lowest BCUT2D eigenvalue weighted by Crippen LogP contribution is -2.34. The van der Waals surface area contributed by atoms with Gasteiger partial charge in [0.1, 0.15) is 0 Å². The Morgan fingerprint density at radius 2 is 2.12 bits per heavy atom. The largest absolute Gasteiger partial charge is 0.461 e. The van der Waals surface area contributed by atoms with Crippen LogP contribution in [0.3, 0.4) is 0 Å². The van der Waals surface area contributed by atoms with Crippen LogP contribution in [0.1, 0.15) is 18.9 Å². The smallest absolute Gasteiger partial charge is 0.230 e. The molecule has 0 radical (unpaired) electrons. The predicted octanol–water partition coefficient (Wildman–Crippen LogP) is 3.29. The SMILES string of the molecule is CC(CCc1ccccc1)NC(=O)CSc1n[nH]c(-c2ccco2)n1. The van der Waals surface area contributed by atoms with Gasteiger partial charge < -0.3 is 9.73 Å². The second-order valence-electron chi connectivity index (χ2n) is 5.73. The number of aromatic amines is 1. The van der Waals surface area contributed by atoms with Crippen molar-refractivity contribution in [3.63, 3.8) is 0 Å². The summed E-state index contributed by atoms with van der Waals surface area (Å²) >= 11 is 1.30. The molecule has 1 atom stereocenters. The Labute approximate surface area is 150 Å². The summed E-state index contributed by atoms with van der Waals surface area (Å²) in [6.07, 6.45) is 3.43. The number of carbonyl (C=O) groups excluding carboxylic acids is 1. The number of rotatable bonds is 8. The monoisotopic (exact) mass is 356 g/mol. The molecule has 2 aromatic heterocycles. The second-order valence-corrected chi connectivity index (χ2v) is 6.67. The molecule has 7 heteroatoms. The van der Waals surface area contributed by atoms with Crippen LogP contribution in [0, 0.1) is 0 Å². The van der Waals surface area contributed by atoms with Crippen LogP contribution in [0.4, 0.5) is 0 Å². The van der Waals surface area contributed by atoms with Crippen molar-refractivity contribution in [2.45, 2.75) is 31.0 Å². The molecule has 0 spiro atoms. The van der Waals surface area contributed by atoms with E-state index in [0.29, 0.717) is 16.7 Å². The van der Waals surface area contributed by atoms with Crippen LogP contribution >= 0.6 is 11.8 Å². The molecule has 2 heterocycles. The zero-order chi connectivity index (χ0) is 17.5. The summed E-state index contributed by atoms with van der Waals surface area (Å²) in [7, 11) is 0. The number of benzene rings is 1. The first-order valence-corrected chi connectivity index (χ1v) is 9.11. The van der Waals surface area contributed by atoms with Gasteiger partial charge in [-0.3, -0.25) is 9.89 Å². The first kappa shape index (κ1) is 17.3. The van der Waals surface area contributed by atoms with Crippen molar-refractivity contribution in [1.82, 2.24) is 20.5 Å². The van der Waals surface area contributed by atoms with E-state index in [1.165, 1.54) is 17.3 Å². The minimum absolute atomic E-state index is 0.0186. The van der Waals surface area contributed by atoms with Crippen LogP contribution < -0.4 is 5.32 Å².